The SMILES string of the molecule is C=CC[C@H]1C[C@H](C)[C@H](COCc2ccccc2)O1. The third-order valence-electron chi connectivity index (χ3n) is 3.46. The minimum Gasteiger partial charge on any atom is -0.374 e. The van der Waals surface area contributed by atoms with E-state index in [-0.39, 0.29) is 6.10 Å². The van der Waals surface area contributed by atoms with Gasteiger partial charge in [-0.15, -0.1) is 6.58 Å². The summed E-state index contributed by atoms with van der Waals surface area (Å²) in [6, 6.07) is 10.3. The number of hydrogen-bond donors (Lipinski definition) is 0. The lowest BCUT2D eigenvalue weighted by atomic mass is 10.0. The summed E-state index contributed by atoms with van der Waals surface area (Å²) in [4.78, 5) is 0. The maximum Gasteiger partial charge on any atom is 0.0838 e. The zero-order valence-corrected chi connectivity index (χ0v) is 11.0. The van der Waals surface area contributed by atoms with Crippen molar-refractivity contribution in [3.8, 4) is 0 Å². The molecule has 1 heterocycles. The van der Waals surface area contributed by atoms with Crippen molar-refractivity contribution >= 4 is 0 Å². The summed E-state index contributed by atoms with van der Waals surface area (Å²) in [6.45, 7) is 7.35. The summed E-state index contributed by atoms with van der Waals surface area (Å²) in [5.74, 6) is 0.575. The molecule has 1 aliphatic rings. The highest BCUT2D eigenvalue weighted by Crippen LogP contribution is 2.28. The highest BCUT2D eigenvalue weighted by molar-refractivity contribution is 5.13. The Balaban J connectivity index is 1.72. The van der Waals surface area contributed by atoms with Crippen LogP contribution in [0.15, 0.2) is 43.0 Å². The van der Waals surface area contributed by atoms with Gasteiger partial charge < -0.3 is 9.47 Å². The van der Waals surface area contributed by atoms with Crippen LogP contribution in [0.25, 0.3) is 0 Å². The van der Waals surface area contributed by atoms with E-state index in [2.05, 4.69) is 25.6 Å². The highest BCUT2D eigenvalue weighted by Gasteiger charge is 2.31. The normalized spacial score (nSPS) is 27.3. The minimum absolute atomic E-state index is 0.235. The largest absolute Gasteiger partial charge is 0.374 e. The second-order valence-electron chi connectivity index (χ2n) is 5.03. The number of benzene rings is 1. The van der Waals surface area contributed by atoms with Crippen molar-refractivity contribution in [1.82, 2.24) is 0 Å². The van der Waals surface area contributed by atoms with Crippen molar-refractivity contribution < 1.29 is 9.47 Å². The van der Waals surface area contributed by atoms with Gasteiger partial charge in [-0.1, -0.05) is 43.3 Å². The first kappa shape index (κ1) is 13.3. The fourth-order valence-electron chi connectivity index (χ4n) is 2.41. The van der Waals surface area contributed by atoms with Crippen molar-refractivity contribution in [1.29, 1.82) is 0 Å². The fraction of sp³-hybridized carbons (Fsp3) is 0.500. The Morgan fingerprint density at radius 3 is 2.89 bits per heavy atom. The molecule has 18 heavy (non-hydrogen) atoms. The van der Waals surface area contributed by atoms with Crippen LogP contribution in [0, 0.1) is 5.92 Å². The summed E-state index contributed by atoms with van der Waals surface area (Å²) < 4.78 is 11.7. The molecule has 98 valence electrons. The molecule has 0 unspecified atom stereocenters. The molecule has 0 radical (unpaired) electrons. The second kappa shape index (κ2) is 6.72. The standard InChI is InChI=1S/C16H22O2/c1-3-7-15-10-13(2)16(18-15)12-17-11-14-8-5-4-6-9-14/h3-6,8-9,13,15-16H,1,7,10-12H2,2H3/t13-,15-,16-/m0/s1. The highest BCUT2D eigenvalue weighted by atomic mass is 16.5. The van der Waals surface area contributed by atoms with Gasteiger partial charge in [-0.05, 0) is 24.3 Å². The Morgan fingerprint density at radius 1 is 1.39 bits per heavy atom. The van der Waals surface area contributed by atoms with Crippen molar-refractivity contribution in [2.45, 2.75) is 38.6 Å². The zero-order valence-electron chi connectivity index (χ0n) is 11.0. The predicted molar refractivity (Wildman–Crippen MR) is 73.4 cm³/mol. The molecule has 1 fully saturated rings. The smallest absolute Gasteiger partial charge is 0.0838 e. The average Bonchev–Trinajstić information content (AvgIpc) is 2.72. The van der Waals surface area contributed by atoms with E-state index >= 15 is 0 Å². The Labute approximate surface area is 110 Å². The molecule has 1 aromatic rings. The quantitative estimate of drug-likeness (QED) is 0.714. The van der Waals surface area contributed by atoms with Crippen LogP contribution in [0.5, 0.6) is 0 Å². The molecule has 0 aromatic heterocycles. The van der Waals surface area contributed by atoms with E-state index in [9.17, 15) is 0 Å². The van der Waals surface area contributed by atoms with Gasteiger partial charge in [0.2, 0.25) is 0 Å². The van der Waals surface area contributed by atoms with Crippen LogP contribution in [-0.4, -0.2) is 18.8 Å². The van der Waals surface area contributed by atoms with Gasteiger partial charge in [0.25, 0.3) is 0 Å². The third kappa shape index (κ3) is 3.69. The first-order chi connectivity index (χ1) is 8.79. The molecular formula is C16H22O2. The summed E-state index contributed by atoms with van der Waals surface area (Å²) in [5, 5.41) is 0. The molecule has 1 aliphatic heterocycles. The molecule has 0 spiro atoms. The molecule has 3 atom stereocenters. The topological polar surface area (TPSA) is 18.5 Å². The molecule has 1 aromatic carbocycles. The van der Waals surface area contributed by atoms with Gasteiger partial charge in [0.05, 0.1) is 25.4 Å². The first-order valence-corrected chi connectivity index (χ1v) is 6.67. The van der Waals surface area contributed by atoms with Crippen LogP contribution in [0.1, 0.15) is 25.3 Å². The predicted octanol–water partition coefficient (Wildman–Crippen LogP) is 3.57. The number of hydrogen-bond acceptors (Lipinski definition) is 2. The van der Waals surface area contributed by atoms with Gasteiger partial charge in [0.15, 0.2) is 0 Å². The van der Waals surface area contributed by atoms with E-state index in [0.717, 1.165) is 12.8 Å². The minimum atomic E-state index is 0.235. The first-order valence-electron chi connectivity index (χ1n) is 6.67. The number of ether oxygens (including phenoxy) is 2. The van der Waals surface area contributed by atoms with Crippen LogP contribution in [-0.2, 0) is 16.1 Å². The van der Waals surface area contributed by atoms with Crippen molar-refractivity contribution in [3.05, 3.63) is 48.6 Å². The molecule has 0 saturated carbocycles. The average molecular weight is 246 g/mol. The molecule has 0 aliphatic carbocycles. The Kier molecular flexibility index (Phi) is 4.97. The monoisotopic (exact) mass is 246 g/mol. The molecule has 0 amide bonds. The zero-order chi connectivity index (χ0) is 12.8. The fourth-order valence-corrected chi connectivity index (χ4v) is 2.41. The van der Waals surface area contributed by atoms with Gasteiger partial charge in [0.1, 0.15) is 0 Å². The molecule has 2 rings (SSSR count). The van der Waals surface area contributed by atoms with Gasteiger partial charge in [-0.3, -0.25) is 0 Å². The lowest BCUT2D eigenvalue weighted by molar-refractivity contribution is -0.0280. The Morgan fingerprint density at radius 2 is 2.17 bits per heavy atom. The Bertz CT molecular complexity index is 361. The maximum atomic E-state index is 5.96. The van der Waals surface area contributed by atoms with Crippen LogP contribution in [0.2, 0.25) is 0 Å². The summed E-state index contributed by atoms with van der Waals surface area (Å²) in [6.07, 6.45) is 4.57. The lowest BCUT2D eigenvalue weighted by Gasteiger charge is -2.15. The van der Waals surface area contributed by atoms with Crippen molar-refractivity contribution in [2.75, 3.05) is 6.61 Å². The van der Waals surface area contributed by atoms with E-state index < -0.39 is 0 Å². The number of rotatable bonds is 6. The van der Waals surface area contributed by atoms with Crippen molar-refractivity contribution in [2.24, 2.45) is 5.92 Å². The molecule has 1 saturated heterocycles. The van der Waals surface area contributed by atoms with Crippen LogP contribution < -0.4 is 0 Å². The van der Waals surface area contributed by atoms with Crippen LogP contribution >= 0.6 is 0 Å². The van der Waals surface area contributed by atoms with Gasteiger partial charge in [-0.2, -0.15) is 0 Å². The summed E-state index contributed by atoms with van der Waals surface area (Å²) in [7, 11) is 0. The second-order valence-corrected chi connectivity index (χ2v) is 5.03. The third-order valence-corrected chi connectivity index (χ3v) is 3.46. The summed E-state index contributed by atoms with van der Waals surface area (Å²) in [5.41, 5.74) is 1.21. The molecule has 0 N–H and O–H groups in total. The molecule has 2 nitrogen and oxygen atoms in total. The lowest BCUT2D eigenvalue weighted by Crippen LogP contribution is -2.21. The maximum absolute atomic E-state index is 5.96. The van der Waals surface area contributed by atoms with E-state index in [0.29, 0.717) is 25.2 Å². The van der Waals surface area contributed by atoms with E-state index in [1.54, 1.807) is 0 Å². The van der Waals surface area contributed by atoms with Gasteiger partial charge >= 0.3 is 0 Å². The van der Waals surface area contributed by atoms with E-state index in [1.165, 1.54) is 5.56 Å². The van der Waals surface area contributed by atoms with E-state index in [4.69, 9.17) is 9.47 Å². The summed E-state index contributed by atoms with van der Waals surface area (Å²) >= 11 is 0. The Hall–Kier alpha value is -1.12. The van der Waals surface area contributed by atoms with Crippen molar-refractivity contribution in [3.63, 3.8) is 0 Å². The molecule has 0 bridgehead atoms. The van der Waals surface area contributed by atoms with Crippen LogP contribution in [0.3, 0.4) is 0 Å². The van der Waals surface area contributed by atoms with Gasteiger partial charge in [-0.25, -0.2) is 0 Å². The molecule has 2 heteroatoms. The molecular weight excluding hydrogens is 224 g/mol. The van der Waals surface area contributed by atoms with E-state index in [1.807, 2.05) is 24.3 Å². The van der Waals surface area contributed by atoms with Gasteiger partial charge in [0, 0.05) is 0 Å². The van der Waals surface area contributed by atoms with Crippen LogP contribution in [0.4, 0.5) is 0 Å².